The third-order valence-corrected chi connectivity index (χ3v) is 6.94. The van der Waals surface area contributed by atoms with Crippen molar-refractivity contribution in [1.82, 2.24) is 10.2 Å². The molecule has 0 aliphatic carbocycles. The number of aryl methyl sites for hydroxylation is 1. The number of rotatable bonds is 8. The Bertz CT molecular complexity index is 1040. The number of hydrogen-bond acceptors (Lipinski definition) is 9. The van der Waals surface area contributed by atoms with E-state index in [1.807, 2.05) is 19.9 Å². The highest BCUT2D eigenvalue weighted by atomic mass is 127. The molecule has 1 aliphatic rings. The van der Waals surface area contributed by atoms with Gasteiger partial charge in [0.2, 0.25) is 0 Å². The summed E-state index contributed by atoms with van der Waals surface area (Å²) < 4.78 is 11.8. The number of hydrogen-bond donors (Lipinski definition) is 2. The summed E-state index contributed by atoms with van der Waals surface area (Å²) in [5.41, 5.74) is 5.89. The fraction of sp³-hybridized carbons (Fsp3) is 0.316. The number of allylic oxidation sites excluding steroid dienone is 1. The van der Waals surface area contributed by atoms with Crippen LogP contribution in [0, 0.1) is 8.98 Å². The number of carbonyl (C=O) groups is 2. The Labute approximate surface area is 195 Å². The van der Waals surface area contributed by atoms with E-state index < -0.39 is 11.8 Å². The fourth-order valence-corrected chi connectivity index (χ4v) is 5.44. The number of carbonyl (C=O) groups excluding carboxylic acids is 2. The summed E-state index contributed by atoms with van der Waals surface area (Å²) in [6.07, 6.45) is 2.47. The number of ketones is 1. The largest absolute Gasteiger partial charge is 0.490 e. The summed E-state index contributed by atoms with van der Waals surface area (Å²) >= 11 is 4.57. The molecule has 158 valence electrons. The second-order valence-corrected chi connectivity index (χ2v) is 9.52. The van der Waals surface area contributed by atoms with Crippen molar-refractivity contribution in [2.75, 3.05) is 13.2 Å². The first-order valence-electron chi connectivity index (χ1n) is 9.05. The molecular formula is C19H19IN4O4S2. The van der Waals surface area contributed by atoms with Crippen molar-refractivity contribution in [1.29, 1.82) is 5.41 Å². The van der Waals surface area contributed by atoms with Gasteiger partial charge in [0, 0.05) is 0 Å². The molecule has 8 nitrogen and oxygen atoms in total. The third-order valence-electron chi connectivity index (χ3n) is 4.01. The number of thioether (sulfide) groups is 1. The van der Waals surface area contributed by atoms with Crippen molar-refractivity contribution in [2.24, 2.45) is 5.73 Å². The van der Waals surface area contributed by atoms with Crippen LogP contribution in [0.2, 0.25) is 0 Å². The Morgan fingerprint density at radius 3 is 2.73 bits per heavy atom. The van der Waals surface area contributed by atoms with Gasteiger partial charge in [-0.25, -0.2) is 0 Å². The summed E-state index contributed by atoms with van der Waals surface area (Å²) in [6.45, 7) is 3.96. The van der Waals surface area contributed by atoms with Crippen LogP contribution in [0.15, 0.2) is 17.0 Å². The molecule has 2 aromatic rings. The van der Waals surface area contributed by atoms with Gasteiger partial charge < -0.3 is 15.2 Å². The zero-order valence-electron chi connectivity index (χ0n) is 16.2. The number of primary amides is 1. The SMILES string of the molecule is CCOc1cc(/C=C2\SC(=N)[C@H](c3nnc(CC)s3)C2=O)cc(I)c1OCC(N)=O. The minimum Gasteiger partial charge on any atom is -0.490 e. The van der Waals surface area contributed by atoms with E-state index in [2.05, 4.69) is 32.8 Å². The number of benzene rings is 1. The molecule has 0 radical (unpaired) electrons. The topological polar surface area (TPSA) is 128 Å². The van der Waals surface area contributed by atoms with Crippen LogP contribution in [0.1, 0.15) is 35.3 Å². The zero-order chi connectivity index (χ0) is 21.8. The van der Waals surface area contributed by atoms with Gasteiger partial charge in [0.15, 0.2) is 23.9 Å². The van der Waals surface area contributed by atoms with Crippen LogP contribution in [0.5, 0.6) is 11.5 Å². The molecular weight excluding hydrogens is 539 g/mol. The van der Waals surface area contributed by atoms with Gasteiger partial charge >= 0.3 is 0 Å². The normalized spacial score (nSPS) is 17.6. The monoisotopic (exact) mass is 558 g/mol. The molecule has 0 unspecified atom stereocenters. The minimum atomic E-state index is -0.692. The molecule has 1 atom stereocenters. The summed E-state index contributed by atoms with van der Waals surface area (Å²) in [4.78, 5) is 24.5. The lowest BCUT2D eigenvalue weighted by molar-refractivity contribution is -0.120. The maximum absolute atomic E-state index is 13.0. The average Bonchev–Trinajstić information content (AvgIpc) is 3.25. The van der Waals surface area contributed by atoms with Gasteiger partial charge in [0.25, 0.3) is 5.91 Å². The highest BCUT2D eigenvalue weighted by molar-refractivity contribution is 14.1. The molecule has 1 aromatic carbocycles. The summed E-state index contributed by atoms with van der Waals surface area (Å²) in [5, 5.41) is 18.1. The quantitative estimate of drug-likeness (QED) is 0.376. The summed E-state index contributed by atoms with van der Waals surface area (Å²) in [5.74, 6) is -0.556. The van der Waals surface area contributed by atoms with Gasteiger partial charge in [-0.1, -0.05) is 18.7 Å². The van der Waals surface area contributed by atoms with E-state index in [0.717, 1.165) is 28.8 Å². The van der Waals surface area contributed by atoms with E-state index in [1.165, 1.54) is 11.3 Å². The van der Waals surface area contributed by atoms with Gasteiger partial charge in [0.05, 0.1) is 20.1 Å². The van der Waals surface area contributed by atoms with Crippen LogP contribution >= 0.6 is 45.7 Å². The Hall–Kier alpha value is -1.99. The molecule has 11 heteroatoms. The number of nitrogens with zero attached hydrogens (tertiary/aromatic N) is 2. The van der Waals surface area contributed by atoms with E-state index in [9.17, 15) is 9.59 Å². The molecule has 3 N–H and O–H groups in total. The van der Waals surface area contributed by atoms with Crippen molar-refractivity contribution in [3.05, 3.63) is 36.2 Å². The van der Waals surface area contributed by atoms with Gasteiger partial charge in [-0.05, 0) is 59.7 Å². The molecule has 1 fully saturated rings. The van der Waals surface area contributed by atoms with Crippen molar-refractivity contribution < 1.29 is 19.1 Å². The molecule has 1 saturated heterocycles. The molecule has 1 aromatic heterocycles. The fourth-order valence-electron chi connectivity index (χ4n) is 2.71. The lowest BCUT2D eigenvalue weighted by Crippen LogP contribution is -2.20. The van der Waals surface area contributed by atoms with E-state index in [1.54, 1.807) is 12.1 Å². The third kappa shape index (κ3) is 5.01. The summed E-state index contributed by atoms with van der Waals surface area (Å²) in [6, 6.07) is 3.55. The Morgan fingerprint density at radius 2 is 2.10 bits per heavy atom. The number of halogens is 1. The van der Waals surface area contributed by atoms with Crippen molar-refractivity contribution in [3.8, 4) is 11.5 Å². The maximum atomic E-state index is 13.0. The van der Waals surface area contributed by atoms with Gasteiger partial charge in [0.1, 0.15) is 15.9 Å². The molecule has 1 amide bonds. The molecule has 30 heavy (non-hydrogen) atoms. The predicted octanol–water partition coefficient (Wildman–Crippen LogP) is 3.39. The number of nitrogens with one attached hydrogen (secondary N) is 1. The first kappa shape index (κ1) is 22.7. The standard InChI is InChI=1S/C19H19IN4O4S2/c1-3-14-23-24-19(30-14)15-16(26)12(29-18(15)22)7-9-5-10(20)17(28-8-13(21)25)11(6-9)27-4-2/h5-7,15,22H,3-4,8H2,1-2H3,(H2,21,25)/b12-7-,22-18?/t15-/m1/s1. The van der Waals surface area contributed by atoms with Crippen molar-refractivity contribution in [2.45, 2.75) is 26.2 Å². The Balaban J connectivity index is 1.91. The highest BCUT2D eigenvalue weighted by Gasteiger charge is 2.39. The molecule has 0 saturated carbocycles. The van der Waals surface area contributed by atoms with E-state index in [0.29, 0.717) is 31.6 Å². The van der Waals surface area contributed by atoms with Crippen molar-refractivity contribution >= 4 is 68.5 Å². The highest BCUT2D eigenvalue weighted by Crippen LogP contribution is 2.42. The van der Waals surface area contributed by atoms with E-state index >= 15 is 0 Å². The predicted molar refractivity (Wildman–Crippen MR) is 125 cm³/mol. The first-order chi connectivity index (χ1) is 14.3. The second kappa shape index (κ2) is 9.88. The van der Waals surface area contributed by atoms with Gasteiger partial charge in [-0.15, -0.1) is 21.5 Å². The second-order valence-electron chi connectivity index (χ2n) is 6.18. The molecule has 2 heterocycles. The molecule has 0 bridgehead atoms. The lowest BCUT2D eigenvalue weighted by Gasteiger charge is -2.14. The van der Waals surface area contributed by atoms with Gasteiger partial charge in [-0.2, -0.15) is 0 Å². The number of amides is 1. The number of aromatic nitrogens is 2. The number of ether oxygens (including phenoxy) is 2. The zero-order valence-corrected chi connectivity index (χ0v) is 20.0. The van der Waals surface area contributed by atoms with Crippen LogP contribution in [-0.4, -0.2) is 40.1 Å². The van der Waals surface area contributed by atoms with E-state index in [-0.39, 0.29) is 17.4 Å². The minimum absolute atomic E-state index is 0.161. The van der Waals surface area contributed by atoms with Crippen LogP contribution in [0.25, 0.3) is 6.08 Å². The number of nitrogens with two attached hydrogens (primary N) is 1. The lowest BCUT2D eigenvalue weighted by atomic mass is 10.1. The van der Waals surface area contributed by atoms with Crippen LogP contribution < -0.4 is 15.2 Å². The van der Waals surface area contributed by atoms with Crippen LogP contribution in [0.3, 0.4) is 0 Å². The Kier molecular flexibility index (Phi) is 7.47. The maximum Gasteiger partial charge on any atom is 0.255 e. The average molecular weight is 558 g/mol. The molecule has 1 aliphatic heterocycles. The van der Waals surface area contributed by atoms with Crippen LogP contribution in [-0.2, 0) is 16.0 Å². The first-order valence-corrected chi connectivity index (χ1v) is 11.8. The van der Waals surface area contributed by atoms with Gasteiger partial charge in [-0.3, -0.25) is 15.0 Å². The molecule has 0 spiro atoms. The smallest absolute Gasteiger partial charge is 0.255 e. The van der Waals surface area contributed by atoms with Crippen molar-refractivity contribution in [3.63, 3.8) is 0 Å². The number of Topliss-reactive ketones (excluding diaryl/α,β-unsaturated/α-hetero) is 1. The van der Waals surface area contributed by atoms with E-state index in [4.69, 9.17) is 20.6 Å². The molecule has 3 rings (SSSR count). The summed E-state index contributed by atoms with van der Waals surface area (Å²) in [7, 11) is 0. The Morgan fingerprint density at radius 1 is 1.33 bits per heavy atom. The van der Waals surface area contributed by atoms with Crippen LogP contribution in [0.4, 0.5) is 0 Å².